The third-order valence-corrected chi connectivity index (χ3v) is 12.5. The second-order valence-corrected chi connectivity index (χ2v) is 15.1. The van der Waals surface area contributed by atoms with Crippen molar-refractivity contribution in [1.29, 1.82) is 0 Å². The largest absolute Gasteiger partial charge is 0.486 e. The Balaban J connectivity index is 1.26. The first-order valence-corrected chi connectivity index (χ1v) is 18.8. The molecule has 0 saturated carbocycles. The van der Waals surface area contributed by atoms with E-state index in [1.54, 1.807) is 0 Å². The molecule has 12 nitrogen and oxygen atoms in total. The molecular formula is C37H29N3O9S3. The maximum atomic E-state index is 13.5. The van der Waals surface area contributed by atoms with E-state index in [2.05, 4.69) is 59.1 Å². The molecule has 0 amide bonds. The summed E-state index contributed by atoms with van der Waals surface area (Å²) in [7, 11) is 0. The first-order valence-electron chi connectivity index (χ1n) is 16.4. The van der Waals surface area contributed by atoms with Gasteiger partial charge in [0.2, 0.25) is 0 Å². The van der Waals surface area contributed by atoms with E-state index in [1.165, 1.54) is 51.3 Å². The van der Waals surface area contributed by atoms with Crippen LogP contribution in [0.5, 0.6) is 23.0 Å². The van der Waals surface area contributed by atoms with Crippen LogP contribution in [0.1, 0.15) is 22.9 Å². The maximum Gasteiger partial charge on any atom is 0.336 e. The van der Waals surface area contributed by atoms with Crippen LogP contribution in [0.3, 0.4) is 0 Å². The quantitative estimate of drug-likeness (QED) is 0.213. The zero-order chi connectivity index (χ0) is 36.1. The summed E-state index contributed by atoms with van der Waals surface area (Å²) in [6, 6.07) is 15.1. The number of carbonyl (C=O) groups is 2. The van der Waals surface area contributed by atoms with Gasteiger partial charge in [-0.1, -0.05) is 24.3 Å². The molecule has 2 N–H and O–H groups in total. The normalized spacial score (nSPS) is 15.3. The van der Waals surface area contributed by atoms with Crippen molar-refractivity contribution in [3.63, 3.8) is 0 Å². The van der Waals surface area contributed by atoms with E-state index in [0.717, 1.165) is 50.6 Å². The summed E-state index contributed by atoms with van der Waals surface area (Å²) in [5, 5.41) is 19.1. The molecule has 3 aliphatic heterocycles. The highest BCUT2D eigenvalue weighted by atomic mass is 32.1. The summed E-state index contributed by atoms with van der Waals surface area (Å²) < 4.78 is 25.4. The topological polar surface area (TPSA) is 141 Å². The number of ether oxygens (including phenoxy) is 4. The van der Waals surface area contributed by atoms with Gasteiger partial charge in [-0.3, -0.25) is 19.0 Å². The van der Waals surface area contributed by atoms with Gasteiger partial charge in [-0.15, -0.1) is 34.0 Å². The molecule has 5 aromatic rings. The molecule has 8 rings (SSSR count). The molecule has 0 bridgehead atoms. The highest BCUT2D eigenvalue weighted by molar-refractivity contribution is 7.25. The number of hydrogen-bond donors (Lipinski definition) is 2. The van der Waals surface area contributed by atoms with E-state index in [9.17, 15) is 24.6 Å². The third-order valence-electron chi connectivity index (χ3n) is 8.90. The first kappa shape index (κ1) is 33.6. The van der Waals surface area contributed by atoms with Gasteiger partial charge in [-0.2, -0.15) is 0 Å². The lowest BCUT2D eigenvalue weighted by molar-refractivity contribution is -0.138. The molecule has 6 heterocycles. The summed E-state index contributed by atoms with van der Waals surface area (Å²) in [6.07, 6.45) is 3.34. The predicted octanol–water partition coefficient (Wildman–Crippen LogP) is 5.19. The Morgan fingerprint density at radius 2 is 1.48 bits per heavy atom. The second kappa shape index (κ2) is 13.5. The fourth-order valence-electron chi connectivity index (χ4n) is 6.70. The molecule has 0 aliphatic carbocycles. The third kappa shape index (κ3) is 5.69. The van der Waals surface area contributed by atoms with Crippen LogP contribution in [0.4, 0.5) is 11.4 Å². The highest BCUT2D eigenvalue weighted by Gasteiger charge is 2.33. The lowest BCUT2D eigenvalue weighted by Crippen LogP contribution is -2.35. The number of anilines is 2. The van der Waals surface area contributed by atoms with E-state index >= 15 is 0 Å². The number of aromatic nitrogens is 1. The molecular weight excluding hydrogens is 727 g/mol. The average molecular weight is 756 g/mol. The molecule has 3 aromatic heterocycles. The Kier molecular flexibility index (Phi) is 8.74. The Labute approximate surface area is 308 Å². The van der Waals surface area contributed by atoms with E-state index in [1.807, 2.05) is 0 Å². The van der Waals surface area contributed by atoms with Gasteiger partial charge in [0.15, 0.2) is 23.0 Å². The number of fused-ring (bicyclic) bond motifs is 4. The highest BCUT2D eigenvalue weighted by Crippen LogP contribution is 2.60. The fourth-order valence-corrected chi connectivity index (χ4v) is 10.3. The summed E-state index contributed by atoms with van der Waals surface area (Å²) >= 11 is 3.56. The summed E-state index contributed by atoms with van der Waals surface area (Å²) in [6.45, 7) is 10.9. The number of thiophene rings is 2. The van der Waals surface area contributed by atoms with Crippen LogP contribution in [0.15, 0.2) is 47.3 Å². The number of benzene rings is 2. The van der Waals surface area contributed by atoms with Crippen LogP contribution >= 0.6 is 34.0 Å². The van der Waals surface area contributed by atoms with Crippen molar-refractivity contribution in [2.75, 3.05) is 37.9 Å². The van der Waals surface area contributed by atoms with Crippen LogP contribution in [-0.4, -0.2) is 59.7 Å². The van der Waals surface area contributed by atoms with Gasteiger partial charge in [0.1, 0.15) is 37.6 Å². The second-order valence-electron chi connectivity index (χ2n) is 11.9. The molecule has 52 heavy (non-hydrogen) atoms. The maximum absolute atomic E-state index is 13.5. The van der Waals surface area contributed by atoms with Gasteiger partial charge < -0.3 is 34.1 Å². The van der Waals surface area contributed by atoms with Crippen LogP contribution in [0, 0.1) is 6.57 Å². The number of rotatable bonds is 7. The van der Waals surface area contributed by atoms with Crippen LogP contribution in [-0.2, 0) is 29.0 Å². The molecule has 264 valence electrons. The molecule has 0 unspecified atom stereocenters. The van der Waals surface area contributed by atoms with Crippen molar-refractivity contribution in [2.45, 2.75) is 26.3 Å². The standard InChI is InChI=1S/C37H29N3O9S3/c1-3-39-22-7-5-4-6-19(22)8-9-20-16-21(10-11-23(20)39)32-30-31(49-15-14-48-30)34(52-32)33-29-28(46-12-13-47-29)24(50-33)17-25-35(43)40(18-26(41)42)36(51-25)27(38-2)37(44)45/h4-7,10-11,16-17H,3,8-9,12-15,18H2,1H3,(H,41,42)(H,44,45)/b25-17-,36-27-. The number of nitrogens with zero attached hydrogens (tertiary/aromatic N) is 3. The number of para-hydroxylation sites is 1. The number of aliphatic carboxylic acids is 2. The van der Waals surface area contributed by atoms with Crippen LogP contribution in [0.2, 0.25) is 0 Å². The summed E-state index contributed by atoms with van der Waals surface area (Å²) in [5.41, 5.74) is 4.50. The molecule has 0 atom stereocenters. The number of aryl methyl sites for hydroxylation is 2. The minimum absolute atomic E-state index is 0.0464. The number of hydrogen-bond acceptors (Lipinski definition) is 11. The minimum atomic E-state index is -1.56. The summed E-state index contributed by atoms with van der Waals surface area (Å²) in [4.78, 5) is 45.2. The van der Waals surface area contributed by atoms with E-state index < -0.39 is 29.7 Å². The SMILES string of the molecule is [C-]#[N+]/C(C(=O)O)=c1\s/c(=C\c2sc(-c3sc(-c4ccc5c(c4)CCc4ccccc4N5CC)c4c3OCCO4)c3c2OCCO3)c(=O)n1CC(=O)O. The zero-order valence-electron chi connectivity index (χ0n) is 27.6. The van der Waals surface area contributed by atoms with Crippen molar-refractivity contribution in [2.24, 2.45) is 0 Å². The van der Waals surface area contributed by atoms with Gasteiger partial charge in [-0.25, -0.2) is 4.85 Å². The van der Waals surface area contributed by atoms with Gasteiger partial charge in [0.25, 0.3) is 5.56 Å². The van der Waals surface area contributed by atoms with Gasteiger partial charge >= 0.3 is 17.6 Å². The van der Waals surface area contributed by atoms with E-state index in [0.29, 0.717) is 52.6 Å². The smallest absolute Gasteiger partial charge is 0.336 e. The first-order chi connectivity index (χ1) is 25.3. The molecule has 0 spiro atoms. The zero-order valence-corrected chi connectivity index (χ0v) is 30.0. The van der Waals surface area contributed by atoms with Gasteiger partial charge in [0, 0.05) is 17.9 Å². The fraction of sp³-hybridized carbons (Fsp3) is 0.243. The Morgan fingerprint density at radius 3 is 2.17 bits per heavy atom. The Morgan fingerprint density at radius 1 is 0.846 bits per heavy atom. The van der Waals surface area contributed by atoms with E-state index in [4.69, 9.17) is 25.5 Å². The Bertz CT molecular complexity index is 2520. The van der Waals surface area contributed by atoms with Crippen LogP contribution < -0.4 is 38.6 Å². The monoisotopic (exact) mass is 755 g/mol. The van der Waals surface area contributed by atoms with Crippen molar-refractivity contribution >= 4 is 69.1 Å². The molecule has 3 aliphatic rings. The molecule has 2 aromatic carbocycles. The molecule has 0 saturated heterocycles. The number of carboxylic acids is 2. The van der Waals surface area contributed by atoms with Crippen molar-refractivity contribution in [3.05, 3.63) is 89.4 Å². The van der Waals surface area contributed by atoms with E-state index in [-0.39, 0.29) is 15.8 Å². The molecule has 0 fully saturated rings. The average Bonchev–Trinajstić information content (AvgIpc) is 3.76. The van der Waals surface area contributed by atoms with Crippen molar-refractivity contribution in [1.82, 2.24) is 4.57 Å². The van der Waals surface area contributed by atoms with Gasteiger partial charge in [-0.05, 0) is 60.7 Å². The lowest BCUT2D eigenvalue weighted by atomic mass is 10.0. The molecule has 15 heteroatoms. The Hall–Kier alpha value is -5.56. The van der Waals surface area contributed by atoms with Gasteiger partial charge in [0.05, 0.1) is 30.6 Å². The van der Waals surface area contributed by atoms with Crippen LogP contribution in [0.25, 0.3) is 36.8 Å². The van der Waals surface area contributed by atoms with Crippen molar-refractivity contribution in [3.8, 4) is 43.2 Å². The molecule has 0 radical (unpaired) electrons. The minimum Gasteiger partial charge on any atom is -0.486 e. The number of carboxylic acid groups (broad SMARTS) is 2. The predicted molar refractivity (Wildman–Crippen MR) is 198 cm³/mol. The van der Waals surface area contributed by atoms with Crippen molar-refractivity contribution < 1.29 is 38.7 Å². The number of thiazole rings is 1. The summed E-state index contributed by atoms with van der Waals surface area (Å²) in [5.74, 6) is -0.784. The lowest BCUT2D eigenvalue weighted by Gasteiger charge is -2.25.